The van der Waals surface area contributed by atoms with Crippen LogP contribution in [0.2, 0.25) is 0 Å². The van der Waals surface area contributed by atoms with Crippen LogP contribution in [-0.4, -0.2) is 27.1 Å². The molecular formula is C14H19N3O2. The lowest BCUT2D eigenvalue weighted by atomic mass is 10.1. The number of aliphatic carboxylic acids is 1. The second kappa shape index (κ2) is 7.33. The van der Waals surface area contributed by atoms with Gasteiger partial charge in [-0.1, -0.05) is 24.3 Å². The van der Waals surface area contributed by atoms with Crippen LogP contribution in [0.15, 0.2) is 36.8 Å². The largest absolute Gasteiger partial charge is 0.480 e. The maximum absolute atomic E-state index is 10.3. The van der Waals surface area contributed by atoms with E-state index in [1.807, 2.05) is 0 Å². The summed E-state index contributed by atoms with van der Waals surface area (Å²) in [5, 5.41) is 8.42. The number of carboxylic acids is 1. The molecule has 1 unspecified atom stereocenters. The van der Waals surface area contributed by atoms with Crippen molar-refractivity contribution in [3.05, 3.63) is 53.6 Å². The van der Waals surface area contributed by atoms with E-state index >= 15 is 0 Å². The Morgan fingerprint density at radius 3 is 2.32 bits per heavy atom. The van der Waals surface area contributed by atoms with Crippen molar-refractivity contribution in [3.63, 3.8) is 0 Å². The number of benzene rings is 1. The van der Waals surface area contributed by atoms with Crippen LogP contribution in [0.1, 0.15) is 16.8 Å². The molecule has 0 amide bonds. The third kappa shape index (κ3) is 5.35. The van der Waals surface area contributed by atoms with Gasteiger partial charge in [0.2, 0.25) is 0 Å². The zero-order chi connectivity index (χ0) is 14.3. The van der Waals surface area contributed by atoms with Gasteiger partial charge in [-0.15, -0.1) is 0 Å². The van der Waals surface area contributed by atoms with Crippen molar-refractivity contribution in [2.75, 3.05) is 0 Å². The smallest absolute Gasteiger partial charge is 0.320 e. The van der Waals surface area contributed by atoms with E-state index in [2.05, 4.69) is 48.1 Å². The molecule has 4 N–H and O–H groups in total. The Morgan fingerprint density at radius 2 is 1.95 bits per heavy atom. The number of hydrogen-bond donors (Lipinski definition) is 3. The van der Waals surface area contributed by atoms with Gasteiger partial charge in [0.05, 0.1) is 12.0 Å². The summed E-state index contributed by atoms with van der Waals surface area (Å²) in [6, 6.07) is 7.49. The molecule has 0 saturated heterocycles. The molecule has 0 spiro atoms. The van der Waals surface area contributed by atoms with Crippen LogP contribution in [-0.2, 0) is 11.2 Å². The van der Waals surface area contributed by atoms with Gasteiger partial charge in [-0.25, -0.2) is 4.98 Å². The molecule has 0 saturated carbocycles. The van der Waals surface area contributed by atoms with Crippen molar-refractivity contribution in [1.82, 2.24) is 9.97 Å². The molecule has 1 aromatic heterocycles. The zero-order valence-corrected chi connectivity index (χ0v) is 11.1. The predicted molar refractivity (Wildman–Crippen MR) is 73.8 cm³/mol. The highest BCUT2D eigenvalue weighted by atomic mass is 16.4. The van der Waals surface area contributed by atoms with E-state index in [4.69, 9.17) is 10.8 Å². The molecule has 102 valence electrons. The summed E-state index contributed by atoms with van der Waals surface area (Å²) in [5.74, 6) is -1.01. The van der Waals surface area contributed by atoms with Gasteiger partial charge >= 0.3 is 5.97 Å². The minimum Gasteiger partial charge on any atom is -0.480 e. The number of nitrogens with one attached hydrogen (secondary N) is 1. The van der Waals surface area contributed by atoms with Gasteiger partial charge in [-0.2, -0.15) is 0 Å². The molecule has 0 radical (unpaired) electrons. The second-order valence-corrected chi connectivity index (χ2v) is 4.29. The average Bonchev–Trinajstić information content (AvgIpc) is 2.86. The molecule has 2 aromatic rings. The number of carbonyl (C=O) groups is 1. The Kier molecular flexibility index (Phi) is 5.75. The molecule has 19 heavy (non-hydrogen) atoms. The van der Waals surface area contributed by atoms with Crippen LogP contribution in [0.3, 0.4) is 0 Å². The van der Waals surface area contributed by atoms with E-state index in [1.54, 1.807) is 6.20 Å². The fourth-order valence-corrected chi connectivity index (χ4v) is 1.38. The van der Waals surface area contributed by atoms with Crippen LogP contribution >= 0.6 is 0 Å². The lowest BCUT2D eigenvalue weighted by Gasteiger charge is -2.01. The van der Waals surface area contributed by atoms with Gasteiger partial charge in [-0.05, 0) is 25.0 Å². The molecule has 0 bridgehead atoms. The van der Waals surface area contributed by atoms with Gasteiger partial charge in [0.25, 0.3) is 0 Å². The third-order valence-electron chi connectivity index (χ3n) is 2.73. The highest BCUT2D eigenvalue weighted by Crippen LogP contribution is 2.02. The SMILES string of the molecule is Cc1ccccc1C.NC(Cc1c[nH]cn1)C(=O)O. The molecule has 1 atom stereocenters. The lowest BCUT2D eigenvalue weighted by molar-refractivity contribution is -0.138. The quantitative estimate of drug-likeness (QED) is 0.783. The number of H-pyrrole nitrogens is 1. The van der Waals surface area contributed by atoms with E-state index in [-0.39, 0.29) is 6.42 Å². The van der Waals surface area contributed by atoms with E-state index in [9.17, 15) is 4.79 Å². The number of rotatable bonds is 3. The maximum Gasteiger partial charge on any atom is 0.320 e. The Bertz CT molecular complexity index is 488. The number of hydrogen-bond acceptors (Lipinski definition) is 3. The van der Waals surface area contributed by atoms with E-state index in [0.717, 1.165) is 0 Å². The number of imidazole rings is 1. The summed E-state index contributed by atoms with van der Waals surface area (Å²) in [6.07, 6.45) is 3.38. The minimum absolute atomic E-state index is 0.263. The van der Waals surface area contributed by atoms with Gasteiger partial charge in [-0.3, -0.25) is 4.79 Å². The van der Waals surface area contributed by atoms with Gasteiger partial charge in [0.1, 0.15) is 6.04 Å². The van der Waals surface area contributed by atoms with Gasteiger partial charge in [0, 0.05) is 12.6 Å². The molecule has 0 aliphatic rings. The van der Waals surface area contributed by atoms with Gasteiger partial charge in [0.15, 0.2) is 0 Å². The van der Waals surface area contributed by atoms with Crippen LogP contribution in [0.5, 0.6) is 0 Å². The number of aromatic nitrogens is 2. The zero-order valence-electron chi connectivity index (χ0n) is 11.1. The normalized spacial score (nSPS) is 11.3. The summed E-state index contributed by atoms with van der Waals surface area (Å²) in [5.41, 5.74) is 8.66. The van der Waals surface area contributed by atoms with Crippen molar-refractivity contribution >= 4 is 5.97 Å². The van der Waals surface area contributed by atoms with Crippen molar-refractivity contribution in [3.8, 4) is 0 Å². The topological polar surface area (TPSA) is 92.0 Å². The molecule has 5 heteroatoms. The summed E-state index contributed by atoms with van der Waals surface area (Å²) in [4.78, 5) is 16.8. The van der Waals surface area contributed by atoms with E-state index < -0.39 is 12.0 Å². The van der Waals surface area contributed by atoms with Crippen molar-refractivity contribution in [1.29, 1.82) is 0 Å². The molecule has 0 aliphatic carbocycles. The van der Waals surface area contributed by atoms with Crippen LogP contribution in [0.4, 0.5) is 0 Å². The number of carboxylic acid groups (broad SMARTS) is 1. The fraction of sp³-hybridized carbons (Fsp3) is 0.286. The number of aryl methyl sites for hydroxylation is 2. The first-order valence-electron chi connectivity index (χ1n) is 5.99. The van der Waals surface area contributed by atoms with Crippen molar-refractivity contribution < 1.29 is 9.90 Å². The highest BCUT2D eigenvalue weighted by Gasteiger charge is 2.12. The van der Waals surface area contributed by atoms with Crippen molar-refractivity contribution in [2.45, 2.75) is 26.3 Å². The summed E-state index contributed by atoms with van der Waals surface area (Å²) < 4.78 is 0. The summed E-state index contributed by atoms with van der Waals surface area (Å²) in [7, 11) is 0. The molecule has 1 heterocycles. The van der Waals surface area contributed by atoms with E-state index in [0.29, 0.717) is 5.69 Å². The molecule has 0 fully saturated rings. The van der Waals surface area contributed by atoms with Crippen LogP contribution < -0.4 is 5.73 Å². The predicted octanol–water partition coefficient (Wildman–Crippen LogP) is 1.67. The molecule has 0 aliphatic heterocycles. The molecule has 5 nitrogen and oxygen atoms in total. The van der Waals surface area contributed by atoms with Crippen LogP contribution in [0, 0.1) is 13.8 Å². The monoisotopic (exact) mass is 261 g/mol. The Balaban J connectivity index is 0.000000200. The first kappa shape index (κ1) is 14.9. The minimum atomic E-state index is -1.01. The third-order valence-corrected chi connectivity index (χ3v) is 2.73. The van der Waals surface area contributed by atoms with Crippen LogP contribution in [0.25, 0.3) is 0 Å². The molecule has 1 aromatic carbocycles. The summed E-state index contributed by atoms with van der Waals surface area (Å²) in [6.45, 7) is 4.24. The lowest BCUT2D eigenvalue weighted by Crippen LogP contribution is -2.32. The van der Waals surface area contributed by atoms with Crippen molar-refractivity contribution in [2.24, 2.45) is 5.73 Å². The first-order chi connectivity index (χ1) is 9.00. The second-order valence-electron chi connectivity index (χ2n) is 4.29. The Morgan fingerprint density at radius 1 is 1.37 bits per heavy atom. The number of nitrogens with zero attached hydrogens (tertiary/aromatic N) is 1. The molecule has 2 rings (SSSR count). The maximum atomic E-state index is 10.3. The number of nitrogens with two attached hydrogens (primary N) is 1. The first-order valence-corrected chi connectivity index (χ1v) is 5.99. The summed E-state index contributed by atoms with van der Waals surface area (Å²) >= 11 is 0. The average molecular weight is 261 g/mol. The van der Waals surface area contributed by atoms with Gasteiger partial charge < -0.3 is 15.8 Å². The fourth-order valence-electron chi connectivity index (χ4n) is 1.38. The Labute approximate surface area is 112 Å². The van der Waals surface area contributed by atoms with E-state index in [1.165, 1.54) is 17.5 Å². The Hall–Kier alpha value is -2.14. The standard InChI is InChI=1S/C8H10.C6H9N3O2/c1-7-5-3-4-6-8(7)2;7-5(6(10)11)1-4-2-8-3-9-4/h3-6H,1-2H3;2-3,5H,1,7H2,(H,8,9)(H,10,11). The molecular weight excluding hydrogens is 242 g/mol. The number of aromatic amines is 1. The highest BCUT2D eigenvalue weighted by molar-refractivity contribution is 5.73.